The SMILES string of the molecule is CCCc1c(NCC)ncnc1NCCCO. The Morgan fingerprint density at radius 3 is 2.47 bits per heavy atom. The number of aliphatic hydroxyl groups excluding tert-OH is 1. The first-order chi connectivity index (χ1) is 8.33. The van der Waals surface area contributed by atoms with Crippen LogP contribution in [0.5, 0.6) is 0 Å². The average Bonchev–Trinajstić information content (AvgIpc) is 2.33. The lowest BCUT2D eigenvalue weighted by Crippen LogP contribution is -2.11. The van der Waals surface area contributed by atoms with E-state index in [9.17, 15) is 0 Å². The highest BCUT2D eigenvalue weighted by Crippen LogP contribution is 2.21. The number of nitrogens with zero attached hydrogens (tertiary/aromatic N) is 2. The Morgan fingerprint density at radius 1 is 1.18 bits per heavy atom. The molecular formula is C12H22N4O. The molecule has 5 heteroatoms. The van der Waals surface area contributed by atoms with E-state index >= 15 is 0 Å². The number of nitrogens with one attached hydrogen (secondary N) is 2. The summed E-state index contributed by atoms with van der Waals surface area (Å²) in [5.74, 6) is 1.79. The number of anilines is 2. The van der Waals surface area contributed by atoms with Crippen LogP contribution in [0.2, 0.25) is 0 Å². The molecule has 17 heavy (non-hydrogen) atoms. The third kappa shape index (κ3) is 4.19. The van der Waals surface area contributed by atoms with Crippen LogP contribution in [0.1, 0.15) is 32.3 Å². The fourth-order valence-electron chi connectivity index (χ4n) is 1.66. The van der Waals surface area contributed by atoms with Crippen molar-refractivity contribution in [1.29, 1.82) is 0 Å². The summed E-state index contributed by atoms with van der Waals surface area (Å²) < 4.78 is 0. The van der Waals surface area contributed by atoms with Crippen molar-refractivity contribution >= 4 is 11.6 Å². The van der Waals surface area contributed by atoms with E-state index in [1.807, 2.05) is 0 Å². The Kier molecular flexibility index (Phi) is 6.32. The van der Waals surface area contributed by atoms with Crippen LogP contribution in [0.4, 0.5) is 11.6 Å². The minimum absolute atomic E-state index is 0.196. The smallest absolute Gasteiger partial charge is 0.134 e. The van der Waals surface area contributed by atoms with Crippen LogP contribution in [-0.2, 0) is 6.42 Å². The fraction of sp³-hybridized carbons (Fsp3) is 0.667. The Morgan fingerprint density at radius 2 is 1.88 bits per heavy atom. The summed E-state index contributed by atoms with van der Waals surface area (Å²) in [6.45, 7) is 5.97. The summed E-state index contributed by atoms with van der Waals surface area (Å²) in [6, 6.07) is 0. The second-order valence-electron chi connectivity index (χ2n) is 3.83. The molecule has 1 rings (SSSR count). The molecule has 0 amide bonds. The minimum Gasteiger partial charge on any atom is -0.396 e. The maximum atomic E-state index is 8.77. The molecule has 0 fully saturated rings. The van der Waals surface area contributed by atoms with Crippen LogP contribution in [-0.4, -0.2) is 34.8 Å². The first-order valence-electron chi connectivity index (χ1n) is 6.25. The lowest BCUT2D eigenvalue weighted by molar-refractivity contribution is 0.292. The second-order valence-corrected chi connectivity index (χ2v) is 3.83. The zero-order chi connectivity index (χ0) is 12.5. The van der Waals surface area contributed by atoms with Gasteiger partial charge in [0.1, 0.15) is 18.0 Å². The van der Waals surface area contributed by atoms with Crippen LogP contribution in [0.3, 0.4) is 0 Å². The van der Waals surface area contributed by atoms with Gasteiger partial charge in [-0.05, 0) is 19.8 Å². The van der Waals surface area contributed by atoms with E-state index in [1.54, 1.807) is 6.33 Å². The highest BCUT2D eigenvalue weighted by molar-refractivity contribution is 5.57. The molecule has 0 radical (unpaired) electrons. The predicted molar refractivity (Wildman–Crippen MR) is 70.4 cm³/mol. The lowest BCUT2D eigenvalue weighted by atomic mass is 10.1. The summed E-state index contributed by atoms with van der Waals surface area (Å²) in [7, 11) is 0. The number of hydrogen-bond donors (Lipinski definition) is 3. The second kappa shape index (κ2) is 7.84. The van der Waals surface area contributed by atoms with Crippen LogP contribution in [0.25, 0.3) is 0 Å². The molecule has 5 nitrogen and oxygen atoms in total. The fourth-order valence-corrected chi connectivity index (χ4v) is 1.66. The third-order valence-corrected chi connectivity index (χ3v) is 2.42. The van der Waals surface area contributed by atoms with Gasteiger partial charge in [0.05, 0.1) is 0 Å². The van der Waals surface area contributed by atoms with Crippen molar-refractivity contribution in [3.63, 3.8) is 0 Å². The van der Waals surface area contributed by atoms with E-state index in [-0.39, 0.29) is 6.61 Å². The summed E-state index contributed by atoms with van der Waals surface area (Å²) in [5, 5.41) is 15.3. The molecule has 0 aliphatic heterocycles. The number of rotatable bonds is 8. The molecule has 0 bridgehead atoms. The highest BCUT2D eigenvalue weighted by Gasteiger charge is 2.09. The third-order valence-electron chi connectivity index (χ3n) is 2.42. The maximum Gasteiger partial charge on any atom is 0.134 e. The summed E-state index contributed by atoms with van der Waals surface area (Å²) >= 11 is 0. The molecule has 1 heterocycles. The van der Waals surface area contributed by atoms with Gasteiger partial charge in [0.15, 0.2) is 0 Å². The summed E-state index contributed by atoms with van der Waals surface area (Å²) in [6.07, 6.45) is 4.30. The molecule has 0 atom stereocenters. The van der Waals surface area contributed by atoms with Crippen molar-refractivity contribution in [3.05, 3.63) is 11.9 Å². The number of aromatic nitrogens is 2. The van der Waals surface area contributed by atoms with E-state index < -0.39 is 0 Å². The van der Waals surface area contributed by atoms with Crippen molar-refractivity contribution < 1.29 is 5.11 Å². The normalized spacial score (nSPS) is 10.3. The molecule has 0 aromatic carbocycles. The van der Waals surface area contributed by atoms with E-state index in [4.69, 9.17) is 5.11 Å². The summed E-state index contributed by atoms with van der Waals surface area (Å²) in [4.78, 5) is 8.53. The van der Waals surface area contributed by atoms with Crippen LogP contribution >= 0.6 is 0 Å². The van der Waals surface area contributed by atoms with Crippen molar-refractivity contribution in [2.45, 2.75) is 33.1 Å². The van der Waals surface area contributed by atoms with E-state index in [1.165, 1.54) is 0 Å². The van der Waals surface area contributed by atoms with Crippen molar-refractivity contribution in [3.8, 4) is 0 Å². The molecule has 0 saturated heterocycles. The lowest BCUT2D eigenvalue weighted by Gasteiger charge is -2.14. The monoisotopic (exact) mass is 238 g/mol. The van der Waals surface area contributed by atoms with Gasteiger partial charge in [-0.2, -0.15) is 0 Å². The Hall–Kier alpha value is -1.36. The first-order valence-corrected chi connectivity index (χ1v) is 6.25. The van der Waals surface area contributed by atoms with Crippen LogP contribution in [0.15, 0.2) is 6.33 Å². The van der Waals surface area contributed by atoms with Gasteiger partial charge in [0.2, 0.25) is 0 Å². The Labute approximate surface area is 103 Å². The van der Waals surface area contributed by atoms with Gasteiger partial charge in [0.25, 0.3) is 0 Å². The standard InChI is InChI=1S/C12H22N4O/c1-3-6-10-11(13-4-2)15-9-16-12(10)14-7-5-8-17/h9,17H,3-8H2,1-2H3,(H2,13,14,15,16). The van der Waals surface area contributed by atoms with Gasteiger partial charge < -0.3 is 15.7 Å². The topological polar surface area (TPSA) is 70.1 Å². The van der Waals surface area contributed by atoms with Crippen LogP contribution < -0.4 is 10.6 Å². The molecular weight excluding hydrogens is 216 g/mol. The summed E-state index contributed by atoms with van der Waals surface area (Å²) in [5.41, 5.74) is 1.13. The van der Waals surface area contributed by atoms with Gasteiger partial charge in [-0.3, -0.25) is 0 Å². The highest BCUT2D eigenvalue weighted by atomic mass is 16.3. The zero-order valence-electron chi connectivity index (χ0n) is 10.7. The molecule has 0 saturated carbocycles. The van der Waals surface area contributed by atoms with Gasteiger partial charge in [-0.15, -0.1) is 0 Å². The molecule has 0 aliphatic rings. The molecule has 0 spiro atoms. The van der Waals surface area contributed by atoms with E-state index in [0.29, 0.717) is 0 Å². The molecule has 1 aromatic rings. The minimum atomic E-state index is 0.196. The van der Waals surface area contributed by atoms with Crippen LogP contribution in [0, 0.1) is 0 Å². The molecule has 0 aliphatic carbocycles. The predicted octanol–water partition coefficient (Wildman–Crippen LogP) is 1.66. The number of hydrogen-bond acceptors (Lipinski definition) is 5. The first kappa shape index (κ1) is 13.7. The molecule has 3 N–H and O–H groups in total. The largest absolute Gasteiger partial charge is 0.396 e. The maximum absolute atomic E-state index is 8.77. The Bertz CT molecular complexity index is 330. The van der Waals surface area contributed by atoms with Gasteiger partial charge >= 0.3 is 0 Å². The Balaban J connectivity index is 2.81. The zero-order valence-corrected chi connectivity index (χ0v) is 10.7. The van der Waals surface area contributed by atoms with E-state index in [2.05, 4.69) is 34.4 Å². The molecule has 1 aromatic heterocycles. The van der Waals surface area contributed by atoms with Gasteiger partial charge in [-0.25, -0.2) is 9.97 Å². The number of aliphatic hydroxyl groups is 1. The quantitative estimate of drug-likeness (QED) is 0.601. The van der Waals surface area contributed by atoms with Gasteiger partial charge in [-0.1, -0.05) is 13.3 Å². The van der Waals surface area contributed by atoms with Crippen molar-refractivity contribution in [1.82, 2.24) is 9.97 Å². The molecule has 96 valence electrons. The van der Waals surface area contributed by atoms with Crippen molar-refractivity contribution in [2.24, 2.45) is 0 Å². The van der Waals surface area contributed by atoms with E-state index in [0.717, 1.165) is 49.6 Å². The van der Waals surface area contributed by atoms with Crippen molar-refractivity contribution in [2.75, 3.05) is 30.3 Å². The van der Waals surface area contributed by atoms with Gasteiger partial charge in [0, 0.05) is 25.3 Å². The average molecular weight is 238 g/mol. The molecule has 0 unspecified atom stereocenters.